The Hall–Kier alpha value is -3.43. The molecule has 0 radical (unpaired) electrons. The average Bonchev–Trinajstić information content (AvgIpc) is 2.81. The molecule has 35 heavy (non-hydrogen) atoms. The number of rotatable bonds is 5. The molecule has 3 atom stereocenters. The van der Waals surface area contributed by atoms with Gasteiger partial charge in [-0.25, -0.2) is 23.1 Å². The summed E-state index contributed by atoms with van der Waals surface area (Å²) in [6.07, 6.45) is 1.05. The molecule has 0 spiro atoms. The maximum atomic E-state index is 14.7. The molecule has 2 aromatic heterocycles. The molecule has 0 unspecified atom stereocenters. The van der Waals surface area contributed by atoms with Crippen LogP contribution in [0.2, 0.25) is 0 Å². The second-order valence-corrected chi connectivity index (χ2v) is 9.14. The van der Waals surface area contributed by atoms with Crippen LogP contribution >= 0.6 is 0 Å². The first kappa shape index (κ1) is 24.7. The van der Waals surface area contributed by atoms with Crippen molar-refractivity contribution in [2.75, 3.05) is 5.32 Å². The van der Waals surface area contributed by atoms with Gasteiger partial charge in [-0.15, -0.1) is 0 Å². The quantitative estimate of drug-likeness (QED) is 0.549. The molecular formula is C25H28F3N5O2. The van der Waals surface area contributed by atoms with Crippen molar-refractivity contribution >= 4 is 22.8 Å². The summed E-state index contributed by atoms with van der Waals surface area (Å²) in [5.41, 5.74) is -0.814. The minimum absolute atomic E-state index is 0.00128. The maximum Gasteiger partial charge on any atom is 0.266 e. The van der Waals surface area contributed by atoms with Gasteiger partial charge in [-0.3, -0.25) is 14.2 Å². The van der Waals surface area contributed by atoms with Gasteiger partial charge in [0.2, 0.25) is 0 Å². The zero-order chi connectivity index (χ0) is 25.4. The highest BCUT2D eigenvalue weighted by Crippen LogP contribution is 2.30. The van der Waals surface area contributed by atoms with Crippen LogP contribution in [0.15, 0.2) is 35.4 Å². The monoisotopic (exact) mass is 487 g/mol. The van der Waals surface area contributed by atoms with Crippen LogP contribution in [0, 0.1) is 5.82 Å². The predicted molar refractivity (Wildman–Crippen MR) is 127 cm³/mol. The van der Waals surface area contributed by atoms with Gasteiger partial charge >= 0.3 is 0 Å². The van der Waals surface area contributed by atoms with Gasteiger partial charge in [0.05, 0.1) is 17.0 Å². The molecule has 1 aliphatic heterocycles. The summed E-state index contributed by atoms with van der Waals surface area (Å²) in [4.78, 5) is 36.7. The van der Waals surface area contributed by atoms with Crippen LogP contribution in [0.5, 0.6) is 0 Å². The van der Waals surface area contributed by atoms with Crippen LogP contribution in [0.4, 0.5) is 19.0 Å². The van der Waals surface area contributed by atoms with Crippen LogP contribution in [-0.2, 0) is 7.05 Å². The topological polar surface area (TPSA) is 80.1 Å². The van der Waals surface area contributed by atoms with Crippen molar-refractivity contribution in [3.05, 3.63) is 63.5 Å². The zero-order valence-electron chi connectivity index (χ0n) is 20.1. The SMILES string of the molecule is C[C@@H]1CCC[C@H](C)N1C(=O)c1cc2c(N[C@H](C)c3cccc(C(F)F)c3F)ncnc2n(C)c1=O. The number of aromatic nitrogens is 3. The summed E-state index contributed by atoms with van der Waals surface area (Å²) in [5.74, 6) is -1.09. The molecular weight excluding hydrogens is 459 g/mol. The molecule has 1 fully saturated rings. The predicted octanol–water partition coefficient (Wildman–Crippen LogP) is 4.98. The fourth-order valence-electron chi connectivity index (χ4n) is 4.85. The van der Waals surface area contributed by atoms with E-state index in [0.29, 0.717) is 5.39 Å². The third-order valence-corrected chi connectivity index (χ3v) is 6.78. The van der Waals surface area contributed by atoms with E-state index in [0.717, 1.165) is 25.3 Å². The van der Waals surface area contributed by atoms with Crippen molar-refractivity contribution in [1.29, 1.82) is 0 Å². The Balaban J connectivity index is 1.77. The smallest absolute Gasteiger partial charge is 0.266 e. The summed E-state index contributed by atoms with van der Waals surface area (Å²) in [6, 6.07) is 4.58. The van der Waals surface area contributed by atoms with E-state index in [1.54, 1.807) is 11.8 Å². The van der Waals surface area contributed by atoms with Crippen molar-refractivity contribution in [2.24, 2.45) is 7.05 Å². The van der Waals surface area contributed by atoms with Gasteiger partial charge in [0.25, 0.3) is 17.9 Å². The van der Waals surface area contributed by atoms with E-state index < -0.39 is 29.4 Å². The molecule has 1 aromatic carbocycles. The molecule has 0 saturated carbocycles. The first-order chi connectivity index (χ1) is 16.6. The number of nitrogens with zero attached hydrogens (tertiary/aromatic N) is 4. The third-order valence-electron chi connectivity index (χ3n) is 6.78. The largest absolute Gasteiger partial charge is 0.363 e. The average molecular weight is 488 g/mol. The maximum absolute atomic E-state index is 14.7. The Bertz CT molecular complexity index is 1320. The number of hydrogen-bond acceptors (Lipinski definition) is 5. The van der Waals surface area contributed by atoms with Gasteiger partial charge in [0.1, 0.15) is 29.2 Å². The Morgan fingerprint density at radius 1 is 1.14 bits per heavy atom. The number of nitrogens with one attached hydrogen (secondary N) is 1. The van der Waals surface area contributed by atoms with E-state index in [9.17, 15) is 22.8 Å². The minimum Gasteiger partial charge on any atom is -0.363 e. The van der Waals surface area contributed by atoms with Gasteiger partial charge in [-0.05, 0) is 46.1 Å². The number of aryl methyl sites for hydroxylation is 1. The molecule has 1 amide bonds. The standard InChI is InChI=1S/C25H28F3N5O2/c1-13-7-5-8-14(2)33(13)25(35)19-11-18-22(29-12-30-23(18)32(4)24(19)34)31-15(3)16-9-6-10-17(20(16)26)21(27)28/h6,9-15,21H,5,7-8H2,1-4H3,(H,29,30,31)/t13-,14+,15-/m1/s1. The lowest BCUT2D eigenvalue weighted by Gasteiger charge is -2.39. The number of carbonyl (C=O) groups is 1. The van der Waals surface area contributed by atoms with E-state index in [4.69, 9.17) is 0 Å². The molecule has 3 heterocycles. The first-order valence-corrected chi connectivity index (χ1v) is 11.6. The lowest BCUT2D eigenvalue weighted by atomic mass is 9.96. The fourth-order valence-corrected chi connectivity index (χ4v) is 4.85. The Labute approximate surface area is 201 Å². The molecule has 0 aliphatic carbocycles. The lowest BCUT2D eigenvalue weighted by Crippen LogP contribution is -2.49. The van der Waals surface area contributed by atoms with E-state index in [2.05, 4.69) is 15.3 Å². The molecule has 7 nitrogen and oxygen atoms in total. The van der Waals surface area contributed by atoms with Crippen LogP contribution < -0.4 is 10.9 Å². The molecule has 186 valence electrons. The number of anilines is 1. The molecule has 1 saturated heterocycles. The number of fused-ring (bicyclic) bond motifs is 1. The Morgan fingerprint density at radius 3 is 2.46 bits per heavy atom. The van der Waals surface area contributed by atoms with Crippen molar-refractivity contribution < 1.29 is 18.0 Å². The number of hydrogen-bond donors (Lipinski definition) is 1. The van der Waals surface area contributed by atoms with Gasteiger partial charge in [0, 0.05) is 24.7 Å². The second-order valence-electron chi connectivity index (χ2n) is 9.14. The summed E-state index contributed by atoms with van der Waals surface area (Å²) >= 11 is 0. The number of likely N-dealkylation sites (tertiary alicyclic amines) is 1. The molecule has 3 aromatic rings. The summed E-state index contributed by atoms with van der Waals surface area (Å²) in [5, 5.41) is 3.44. The summed E-state index contributed by atoms with van der Waals surface area (Å²) in [7, 11) is 1.52. The number of amides is 1. The highest BCUT2D eigenvalue weighted by atomic mass is 19.3. The van der Waals surface area contributed by atoms with Gasteiger partial charge in [-0.1, -0.05) is 18.2 Å². The minimum atomic E-state index is -2.94. The molecule has 4 rings (SSSR count). The highest BCUT2D eigenvalue weighted by Gasteiger charge is 2.32. The molecule has 1 N–H and O–H groups in total. The summed E-state index contributed by atoms with van der Waals surface area (Å²) < 4.78 is 42.3. The van der Waals surface area contributed by atoms with Gasteiger partial charge in [0.15, 0.2) is 0 Å². The van der Waals surface area contributed by atoms with Crippen molar-refractivity contribution in [3.63, 3.8) is 0 Å². The normalized spacial score (nSPS) is 19.3. The number of pyridine rings is 1. The van der Waals surface area contributed by atoms with Crippen LogP contribution in [0.25, 0.3) is 11.0 Å². The van der Waals surface area contributed by atoms with E-state index in [1.165, 1.54) is 36.1 Å². The van der Waals surface area contributed by atoms with Crippen molar-refractivity contribution in [1.82, 2.24) is 19.4 Å². The number of benzene rings is 1. The number of carbonyl (C=O) groups excluding carboxylic acids is 1. The highest BCUT2D eigenvalue weighted by molar-refractivity contribution is 5.99. The van der Waals surface area contributed by atoms with Crippen molar-refractivity contribution in [3.8, 4) is 0 Å². The fraction of sp³-hybridized carbons (Fsp3) is 0.440. The summed E-state index contributed by atoms with van der Waals surface area (Å²) in [6.45, 7) is 5.56. The van der Waals surface area contributed by atoms with Crippen molar-refractivity contribution in [2.45, 2.75) is 64.6 Å². The van der Waals surface area contributed by atoms with Crippen LogP contribution in [0.3, 0.4) is 0 Å². The second kappa shape index (κ2) is 9.67. The van der Waals surface area contributed by atoms with E-state index >= 15 is 0 Å². The zero-order valence-corrected chi connectivity index (χ0v) is 20.1. The number of alkyl halides is 2. The van der Waals surface area contributed by atoms with E-state index in [-0.39, 0.29) is 40.6 Å². The lowest BCUT2D eigenvalue weighted by molar-refractivity contribution is 0.0508. The van der Waals surface area contributed by atoms with Crippen LogP contribution in [-0.4, -0.2) is 37.4 Å². The number of piperidine rings is 1. The number of halogens is 3. The molecule has 10 heteroatoms. The van der Waals surface area contributed by atoms with Gasteiger partial charge in [-0.2, -0.15) is 0 Å². The Morgan fingerprint density at radius 2 is 1.80 bits per heavy atom. The molecule has 0 bridgehead atoms. The van der Waals surface area contributed by atoms with E-state index in [1.807, 2.05) is 13.8 Å². The van der Waals surface area contributed by atoms with Gasteiger partial charge < -0.3 is 10.2 Å². The first-order valence-electron chi connectivity index (χ1n) is 11.6. The molecule has 1 aliphatic rings. The Kier molecular flexibility index (Phi) is 6.82. The third kappa shape index (κ3) is 4.49. The van der Waals surface area contributed by atoms with Crippen LogP contribution in [0.1, 0.15) is 74.0 Å².